The van der Waals surface area contributed by atoms with E-state index in [0.717, 1.165) is 5.69 Å². The predicted molar refractivity (Wildman–Crippen MR) is 78.2 cm³/mol. The fourth-order valence-electron chi connectivity index (χ4n) is 2.32. The van der Waals surface area contributed by atoms with Crippen LogP contribution < -0.4 is 5.56 Å². The van der Waals surface area contributed by atoms with Crippen LogP contribution in [0.2, 0.25) is 0 Å². The Balaban J connectivity index is 2.35. The van der Waals surface area contributed by atoms with Gasteiger partial charge in [-0.3, -0.25) is 4.79 Å². The van der Waals surface area contributed by atoms with Crippen LogP contribution in [-0.4, -0.2) is 19.6 Å². The van der Waals surface area contributed by atoms with E-state index in [1.807, 2.05) is 20.8 Å². The van der Waals surface area contributed by atoms with Crippen LogP contribution in [0.4, 0.5) is 4.39 Å². The van der Waals surface area contributed by atoms with Crippen LogP contribution in [0.25, 0.3) is 16.6 Å². The Kier molecular flexibility index (Phi) is 3.08. The highest BCUT2D eigenvalue weighted by Gasteiger charge is 2.16. The lowest BCUT2D eigenvalue weighted by molar-refractivity contribution is 0.501. The Morgan fingerprint density at radius 2 is 1.86 bits per heavy atom. The van der Waals surface area contributed by atoms with Crippen molar-refractivity contribution in [3.05, 3.63) is 52.3 Å². The van der Waals surface area contributed by atoms with Gasteiger partial charge in [0.2, 0.25) is 0 Å². The highest BCUT2D eigenvalue weighted by atomic mass is 19.1. The predicted octanol–water partition coefficient (Wildman–Crippen LogP) is 2.61. The summed E-state index contributed by atoms with van der Waals surface area (Å²) in [6.07, 6.45) is 1.62. The van der Waals surface area contributed by atoms with Gasteiger partial charge in [-0.25, -0.2) is 13.8 Å². The summed E-state index contributed by atoms with van der Waals surface area (Å²) in [6, 6.07) is 5.83. The third kappa shape index (κ3) is 2.12. The Morgan fingerprint density at radius 3 is 2.48 bits per heavy atom. The molecule has 0 spiro atoms. The van der Waals surface area contributed by atoms with Crippen LogP contribution in [0.15, 0.2) is 35.3 Å². The lowest BCUT2D eigenvalue weighted by atomic mass is 10.2. The van der Waals surface area contributed by atoms with Gasteiger partial charge in [-0.05, 0) is 45.0 Å². The van der Waals surface area contributed by atoms with Gasteiger partial charge < -0.3 is 0 Å². The molecule has 6 heteroatoms. The van der Waals surface area contributed by atoms with Crippen molar-refractivity contribution in [3.63, 3.8) is 0 Å². The zero-order valence-corrected chi connectivity index (χ0v) is 12.0. The topological polar surface area (TPSA) is 52.7 Å². The van der Waals surface area contributed by atoms with Crippen molar-refractivity contribution < 1.29 is 4.39 Å². The van der Waals surface area contributed by atoms with Gasteiger partial charge in [0.05, 0.1) is 23.6 Å². The minimum absolute atomic E-state index is 0.0443. The number of aryl methyl sites for hydroxylation is 1. The fourth-order valence-corrected chi connectivity index (χ4v) is 2.32. The number of hydrogen-bond acceptors (Lipinski definition) is 3. The first kappa shape index (κ1) is 13.5. The highest BCUT2D eigenvalue weighted by Crippen LogP contribution is 2.18. The second kappa shape index (κ2) is 4.80. The second-order valence-corrected chi connectivity index (χ2v) is 5.22. The highest BCUT2D eigenvalue weighted by molar-refractivity contribution is 5.81. The molecule has 3 aromatic rings. The molecule has 3 rings (SSSR count). The van der Waals surface area contributed by atoms with E-state index >= 15 is 0 Å². The molecule has 21 heavy (non-hydrogen) atoms. The van der Waals surface area contributed by atoms with Crippen LogP contribution in [0, 0.1) is 12.7 Å². The van der Waals surface area contributed by atoms with Crippen molar-refractivity contribution >= 4 is 10.9 Å². The smallest absolute Gasteiger partial charge is 0.265 e. The number of fused-ring (bicyclic) bond motifs is 1. The third-order valence-corrected chi connectivity index (χ3v) is 3.39. The monoisotopic (exact) mass is 286 g/mol. The molecule has 0 radical (unpaired) electrons. The van der Waals surface area contributed by atoms with Crippen LogP contribution in [0.1, 0.15) is 25.6 Å². The first-order chi connectivity index (χ1) is 9.99. The van der Waals surface area contributed by atoms with E-state index < -0.39 is 0 Å². The standard InChI is InChI=1S/C15H15FN4O/c1-9(2)19-15(21)14-13(10(3)18-19)8-17-20(14)12-6-4-11(16)5-7-12/h4-9H,1-3H3. The molecule has 1 aromatic carbocycles. The van der Waals surface area contributed by atoms with Crippen LogP contribution in [-0.2, 0) is 0 Å². The van der Waals surface area contributed by atoms with Gasteiger partial charge in [0.25, 0.3) is 5.56 Å². The molecule has 0 aliphatic heterocycles. The number of benzene rings is 1. The SMILES string of the molecule is Cc1nn(C(C)C)c(=O)c2c1cnn2-c1ccc(F)cc1. The summed E-state index contributed by atoms with van der Waals surface area (Å²) in [5.41, 5.74) is 1.64. The molecule has 0 saturated carbocycles. The quantitative estimate of drug-likeness (QED) is 0.727. The molecular weight excluding hydrogens is 271 g/mol. The molecular formula is C15H15FN4O. The van der Waals surface area contributed by atoms with E-state index in [0.29, 0.717) is 16.6 Å². The third-order valence-electron chi connectivity index (χ3n) is 3.39. The van der Waals surface area contributed by atoms with Gasteiger partial charge in [-0.15, -0.1) is 0 Å². The maximum Gasteiger partial charge on any atom is 0.293 e. The van der Waals surface area contributed by atoms with Crippen molar-refractivity contribution in [1.29, 1.82) is 0 Å². The molecule has 0 amide bonds. The summed E-state index contributed by atoms with van der Waals surface area (Å²) in [5, 5.41) is 9.28. The molecule has 0 aliphatic rings. The Hall–Kier alpha value is -2.50. The maximum absolute atomic E-state index is 13.1. The first-order valence-electron chi connectivity index (χ1n) is 6.72. The van der Waals surface area contributed by atoms with E-state index in [4.69, 9.17) is 0 Å². The molecule has 0 N–H and O–H groups in total. The zero-order chi connectivity index (χ0) is 15.1. The normalized spacial score (nSPS) is 11.5. The van der Waals surface area contributed by atoms with Crippen LogP contribution in [0.5, 0.6) is 0 Å². The summed E-state index contributed by atoms with van der Waals surface area (Å²) in [4.78, 5) is 12.6. The molecule has 0 bridgehead atoms. The lowest BCUT2D eigenvalue weighted by Crippen LogP contribution is -2.27. The Bertz CT molecular complexity index is 862. The molecule has 2 aromatic heterocycles. The molecule has 0 atom stereocenters. The molecule has 2 heterocycles. The molecule has 0 unspecified atom stereocenters. The Morgan fingerprint density at radius 1 is 1.19 bits per heavy atom. The summed E-state index contributed by atoms with van der Waals surface area (Å²) in [5.74, 6) is -0.326. The number of nitrogens with zero attached hydrogens (tertiary/aromatic N) is 4. The molecule has 0 aliphatic carbocycles. The van der Waals surface area contributed by atoms with Gasteiger partial charge in [0.1, 0.15) is 11.3 Å². The number of rotatable bonds is 2. The van der Waals surface area contributed by atoms with Crippen LogP contribution in [0.3, 0.4) is 0 Å². The lowest BCUT2D eigenvalue weighted by Gasteiger charge is -2.11. The average molecular weight is 286 g/mol. The fraction of sp³-hybridized carbons (Fsp3) is 0.267. The van der Waals surface area contributed by atoms with Gasteiger partial charge in [0, 0.05) is 5.39 Å². The van der Waals surface area contributed by atoms with E-state index in [9.17, 15) is 9.18 Å². The number of halogens is 1. The molecule has 108 valence electrons. The average Bonchev–Trinajstić information content (AvgIpc) is 2.89. The van der Waals surface area contributed by atoms with E-state index in [1.54, 1.807) is 18.3 Å². The first-order valence-corrected chi connectivity index (χ1v) is 6.72. The molecule has 0 saturated heterocycles. The summed E-state index contributed by atoms with van der Waals surface area (Å²) >= 11 is 0. The number of hydrogen-bond donors (Lipinski definition) is 0. The van der Waals surface area contributed by atoms with Gasteiger partial charge in [-0.2, -0.15) is 10.2 Å². The van der Waals surface area contributed by atoms with Crippen LogP contribution >= 0.6 is 0 Å². The summed E-state index contributed by atoms with van der Waals surface area (Å²) in [7, 11) is 0. The molecule has 5 nitrogen and oxygen atoms in total. The summed E-state index contributed by atoms with van der Waals surface area (Å²) < 4.78 is 16.0. The maximum atomic E-state index is 13.1. The van der Waals surface area contributed by atoms with Gasteiger partial charge in [-0.1, -0.05) is 0 Å². The van der Waals surface area contributed by atoms with Crippen molar-refractivity contribution in [2.24, 2.45) is 0 Å². The summed E-state index contributed by atoms with van der Waals surface area (Å²) in [6.45, 7) is 5.65. The van der Waals surface area contributed by atoms with E-state index in [-0.39, 0.29) is 17.4 Å². The minimum Gasteiger partial charge on any atom is -0.265 e. The van der Waals surface area contributed by atoms with E-state index in [2.05, 4.69) is 10.2 Å². The largest absolute Gasteiger partial charge is 0.293 e. The van der Waals surface area contributed by atoms with Crippen molar-refractivity contribution in [1.82, 2.24) is 19.6 Å². The van der Waals surface area contributed by atoms with Crippen molar-refractivity contribution in [2.45, 2.75) is 26.8 Å². The Labute approximate surface area is 120 Å². The zero-order valence-electron chi connectivity index (χ0n) is 12.0. The van der Waals surface area contributed by atoms with Crippen molar-refractivity contribution in [3.8, 4) is 5.69 Å². The minimum atomic E-state index is -0.326. The second-order valence-electron chi connectivity index (χ2n) is 5.22. The number of aromatic nitrogens is 4. The van der Waals surface area contributed by atoms with Gasteiger partial charge in [0.15, 0.2) is 0 Å². The molecule has 0 fully saturated rings. The van der Waals surface area contributed by atoms with E-state index in [1.165, 1.54) is 21.5 Å². The van der Waals surface area contributed by atoms with Crippen molar-refractivity contribution in [2.75, 3.05) is 0 Å². The van der Waals surface area contributed by atoms with Gasteiger partial charge >= 0.3 is 0 Å².